The van der Waals surface area contributed by atoms with E-state index in [0.29, 0.717) is 5.92 Å². The smallest absolute Gasteiger partial charge is 0.139 e. The zero-order chi connectivity index (χ0) is 9.56. The van der Waals surface area contributed by atoms with E-state index in [1.54, 1.807) is 0 Å². The normalized spacial score (nSPS) is 9.50. The van der Waals surface area contributed by atoms with Crippen molar-refractivity contribution in [2.75, 3.05) is 0 Å². The van der Waals surface area contributed by atoms with Crippen molar-refractivity contribution in [1.82, 2.24) is 5.16 Å². The lowest BCUT2D eigenvalue weighted by molar-refractivity contribution is 0.368. The maximum atomic E-state index is 4.98. The van der Waals surface area contributed by atoms with Gasteiger partial charge in [0.15, 0.2) is 0 Å². The van der Waals surface area contributed by atoms with Crippen LogP contribution in [0.1, 0.15) is 51.5 Å². The molecule has 0 amide bonds. The third-order valence-electron chi connectivity index (χ3n) is 1.22. The highest BCUT2D eigenvalue weighted by Crippen LogP contribution is 2.13. The third-order valence-corrected chi connectivity index (χ3v) is 1.22. The number of hydrogen-bond donors (Lipinski definition) is 0. The molecule has 0 aliphatic rings. The average molecular weight is 169 g/mol. The summed E-state index contributed by atoms with van der Waals surface area (Å²) in [6.07, 6.45) is 1.25. The molecule has 0 saturated carbocycles. The van der Waals surface area contributed by atoms with Crippen LogP contribution in [0.3, 0.4) is 0 Å². The quantitative estimate of drug-likeness (QED) is 0.642. The number of aryl methyl sites for hydroxylation is 1. The van der Waals surface area contributed by atoms with Crippen LogP contribution in [-0.2, 0) is 0 Å². The lowest BCUT2D eigenvalue weighted by atomic mass is 10.1. The Balaban J connectivity index is 0.000000354. The first kappa shape index (κ1) is 11.2. The molecule has 1 aromatic heterocycles. The summed E-state index contributed by atoms with van der Waals surface area (Å²) in [5, 5.41) is 3.76. The van der Waals surface area contributed by atoms with Gasteiger partial charge in [-0.25, -0.2) is 0 Å². The van der Waals surface area contributed by atoms with Crippen LogP contribution < -0.4 is 0 Å². The Morgan fingerprint density at radius 2 is 1.92 bits per heavy atom. The molecule has 70 valence electrons. The Morgan fingerprint density at radius 3 is 2.08 bits per heavy atom. The van der Waals surface area contributed by atoms with Crippen molar-refractivity contribution in [3.05, 3.63) is 17.5 Å². The summed E-state index contributed by atoms with van der Waals surface area (Å²) in [5.41, 5.74) is 0.957. The fraction of sp³-hybridized carbons (Fsp3) is 0.700. The number of nitrogens with zero attached hydrogens (tertiary/aromatic N) is 1. The Hall–Kier alpha value is -0.790. The highest BCUT2D eigenvalue weighted by atomic mass is 16.5. The molecule has 2 heteroatoms. The molecular weight excluding hydrogens is 150 g/mol. The molecule has 0 spiro atoms. The van der Waals surface area contributed by atoms with E-state index in [-0.39, 0.29) is 0 Å². The molecule has 0 N–H and O–H groups in total. The van der Waals surface area contributed by atoms with E-state index in [2.05, 4.69) is 32.9 Å². The van der Waals surface area contributed by atoms with Gasteiger partial charge < -0.3 is 4.52 Å². The van der Waals surface area contributed by atoms with E-state index < -0.39 is 0 Å². The summed E-state index contributed by atoms with van der Waals surface area (Å²) in [6, 6.07) is 1.96. The SMILES string of the molecule is CCC.Cc1cc(C(C)C)on1. The molecule has 0 radical (unpaired) electrons. The van der Waals surface area contributed by atoms with Gasteiger partial charge >= 0.3 is 0 Å². The predicted octanol–water partition coefficient (Wildman–Crippen LogP) is 3.52. The second-order valence-corrected chi connectivity index (χ2v) is 3.23. The van der Waals surface area contributed by atoms with Crippen molar-refractivity contribution in [3.8, 4) is 0 Å². The van der Waals surface area contributed by atoms with Gasteiger partial charge in [0.25, 0.3) is 0 Å². The van der Waals surface area contributed by atoms with Crippen LogP contribution in [0.2, 0.25) is 0 Å². The molecular formula is C10H19NO. The van der Waals surface area contributed by atoms with E-state index in [4.69, 9.17) is 4.52 Å². The summed E-state index contributed by atoms with van der Waals surface area (Å²) < 4.78 is 4.98. The van der Waals surface area contributed by atoms with Crippen molar-refractivity contribution in [2.45, 2.75) is 47.0 Å². The number of aromatic nitrogens is 1. The molecule has 1 aromatic rings. The standard InChI is InChI=1S/C7H11NO.C3H8/c1-5(2)7-4-6(3)8-9-7;1-3-2/h4-5H,1-3H3;3H2,1-2H3. The van der Waals surface area contributed by atoms with Gasteiger partial charge in [0, 0.05) is 12.0 Å². The summed E-state index contributed by atoms with van der Waals surface area (Å²) in [7, 11) is 0. The molecule has 1 rings (SSSR count). The van der Waals surface area contributed by atoms with Gasteiger partial charge in [-0.3, -0.25) is 0 Å². The zero-order valence-corrected chi connectivity index (χ0v) is 8.72. The van der Waals surface area contributed by atoms with Gasteiger partial charge in [-0.1, -0.05) is 39.3 Å². The highest BCUT2D eigenvalue weighted by Gasteiger charge is 2.03. The minimum Gasteiger partial charge on any atom is -0.361 e. The molecule has 0 bridgehead atoms. The summed E-state index contributed by atoms with van der Waals surface area (Å²) >= 11 is 0. The maximum absolute atomic E-state index is 4.98. The molecule has 0 aromatic carbocycles. The van der Waals surface area contributed by atoms with Crippen LogP contribution >= 0.6 is 0 Å². The van der Waals surface area contributed by atoms with Gasteiger partial charge in [-0.2, -0.15) is 0 Å². The summed E-state index contributed by atoms with van der Waals surface area (Å²) in [5.74, 6) is 1.42. The first-order valence-electron chi connectivity index (χ1n) is 4.55. The Kier molecular flexibility index (Phi) is 5.43. The van der Waals surface area contributed by atoms with E-state index in [0.717, 1.165) is 11.5 Å². The van der Waals surface area contributed by atoms with Gasteiger partial charge in [0.1, 0.15) is 5.76 Å². The van der Waals surface area contributed by atoms with Gasteiger partial charge in [-0.15, -0.1) is 0 Å². The second kappa shape index (κ2) is 5.81. The predicted molar refractivity (Wildman–Crippen MR) is 51.3 cm³/mol. The molecule has 12 heavy (non-hydrogen) atoms. The largest absolute Gasteiger partial charge is 0.361 e. The Bertz CT molecular complexity index is 203. The molecule has 0 aliphatic heterocycles. The van der Waals surface area contributed by atoms with Crippen LogP contribution in [0, 0.1) is 6.92 Å². The summed E-state index contributed by atoms with van der Waals surface area (Å²) in [6.45, 7) is 10.3. The topological polar surface area (TPSA) is 26.0 Å². The van der Waals surface area contributed by atoms with Crippen LogP contribution in [0.15, 0.2) is 10.6 Å². The fourth-order valence-corrected chi connectivity index (χ4v) is 0.655. The van der Waals surface area contributed by atoms with Crippen LogP contribution in [0.5, 0.6) is 0 Å². The zero-order valence-electron chi connectivity index (χ0n) is 8.72. The van der Waals surface area contributed by atoms with Crippen molar-refractivity contribution >= 4 is 0 Å². The van der Waals surface area contributed by atoms with Crippen LogP contribution in [0.25, 0.3) is 0 Å². The maximum Gasteiger partial charge on any atom is 0.139 e. The molecule has 0 fully saturated rings. The highest BCUT2D eigenvalue weighted by molar-refractivity contribution is 5.06. The van der Waals surface area contributed by atoms with Gasteiger partial charge in [0.2, 0.25) is 0 Å². The summed E-state index contributed by atoms with van der Waals surface area (Å²) in [4.78, 5) is 0. The van der Waals surface area contributed by atoms with Gasteiger partial charge in [0.05, 0.1) is 5.69 Å². The molecule has 0 atom stereocenters. The average Bonchev–Trinajstić information content (AvgIpc) is 2.37. The van der Waals surface area contributed by atoms with E-state index in [9.17, 15) is 0 Å². The third kappa shape index (κ3) is 4.16. The molecule has 0 saturated heterocycles. The minimum absolute atomic E-state index is 0.450. The van der Waals surface area contributed by atoms with Gasteiger partial charge in [-0.05, 0) is 6.92 Å². The molecule has 0 unspecified atom stereocenters. The van der Waals surface area contributed by atoms with Crippen LogP contribution in [0.4, 0.5) is 0 Å². The fourth-order valence-electron chi connectivity index (χ4n) is 0.655. The van der Waals surface area contributed by atoms with E-state index >= 15 is 0 Å². The second-order valence-electron chi connectivity index (χ2n) is 3.23. The van der Waals surface area contributed by atoms with Crippen LogP contribution in [-0.4, -0.2) is 5.16 Å². The van der Waals surface area contributed by atoms with Crippen molar-refractivity contribution < 1.29 is 4.52 Å². The first-order valence-corrected chi connectivity index (χ1v) is 4.55. The van der Waals surface area contributed by atoms with Crippen molar-refractivity contribution in [1.29, 1.82) is 0 Å². The van der Waals surface area contributed by atoms with Crippen molar-refractivity contribution in [2.24, 2.45) is 0 Å². The lowest BCUT2D eigenvalue weighted by Crippen LogP contribution is -1.80. The number of hydrogen-bond acceptors (Lipinski definition) is 2. The molecule has 2 nitrogen and oxygen atoms in total. The van der Waals surface area contributed by atoms with E-state index in [1.807, 2.05) is 13.0 Å². The Labute approximate surface area is 75.0 Å². The minimum atomic E-state index is 0.450. The van der Waals surface area contributed by atoms with Crippen molar-refractivity contribution in [3.63, 3.8) is 0 Å². The first-order chi connectivity index (χ1) is 5.61. The number of rotatable bonds is 1. The molecule has 1 heterocycles. The van der Waals surface area contributed by atoms with E-state index in [1.165, 1.54) is 6.42 Å². The lowest BCUT2D eigenvalue weighted by Gasteiger charge is -1.92. The monoisotopic (exact) mass is 169 g/mol. The molecule has 0 aliphatic carbocycles. The Morgan fingerprint density at radius 1 is 1.42 bits per heavy atom.